The summed E-state index contributed by atoms with van der Waals surface area (Å²) in [5.74, 6) is 0. The lowest BCUT2D eigenvalue weighted by Crippen LogP contribution is -2.41. The van der Waals surface area contributed by atoms with E-state index < -0.39 is 7.12 Å². The number of hydrogen-bond donors (Lipinski definition) is 0. The summed E-state index contributed by atoms with van der Waals surface area (Å²) < 4.78 is 12.7. The van der Waals surface area contributed by atoms with Gasteiger partial charge in [-0.25, -0.2) is 0 Å². The Labute approximate surface area is 171 Å². The highest BCUT2D eigenvalue weighted by Gasteiger charge is 2.52. The summed E-state index contributed by atoms with van der Waals surface area (Å²) in [5, 5.41) is 8.19. The molecule has 0 amide bonds. The van der Waals surface area contributed by atoms with E-state index in [1.165, 1.54) is 21.5 Å². The molecular formula is C26H25BO2. The van der Waals surface area contributed by atoms with Gasteiger partial charge in [0.25, 0.3) is 0 Å². The van der Waals surface area contributed by atoms with Crippen LogP contribution in [0.5, 0.6) is 0 Å². The summed E-state index contributed by atoms with van der Waals surface area (Å²) >= 11 is 0. The number of hydrogen-bond acceptors (Lipinski definition) is 2. The molecule has 0 aliphatic carbocycles. The molecule has 0 bridgehead atoms. The van der Waals surface area contributed by atoms with Crippen molar-refractivity contribution in [1.82, 2.24) is 0 Å². The monoisotopic (exact) mass is 380 g/mol. The maximum atomic E-state index is 6.36. The number of fused-ring (bicyclic) bond motifs is 2. The topological polar surface area (TPSA) is 18.5 Å². The largest absolute Gasteiger partial charge is 0.495 e. The molecule has 3 heteroatoms. The van der Waals surface area contributed by atoms with E-state index in [0.29, 0.717) is 0 Å². The van der Waals surface area contributed by atoms with E-state index in [1.54, 1.807) is 0 Å². The summed E-state index contributed by atoms with van der Waals surface area (Å²) in [4.78, 5) is 0. The molecule has 1 heterocycles. The second-order valence-electron chi connectivity index (χ2n) is 8.97. The summed E-state index contributed by atoms with van der Waals surface area (Å²) in [5.41, 5.74) is 1.45. The van der Waals surface area contributed by atoms with Gasteiger partial charge in [-0.15, -0.1) is 0 Å². The van der Waals surface area contributed by atoms with Crippen molar-refractivity contribution in [3.05, 3.63) is 65.9 Å². The Bertz CT molecular complexity index is 1330. The number of benzene rings is 4. The third-order valence-corrected chi connectivity index (χ3v) is 6.82. The second-order valence-corrected chi connectivity index (χ2v) is 8.97. The van der Waals surface area contributed by atoms with Crippen molar-refractivity contribution >= 4 is 57.6 Å². The van der Waals surface area contributed by atoms with Gasteiger partial charge in [-0.1, -0.05) is 67.8 Å². The van der Waals surface area contributed by atoms with Crippen LogP contribution in [0, 0.1) is 0 Å². The van der Waals surface area contributed by atoms with Gasteiger partial charge in [-0.05, 0) is 76.3 Å². The van der Waals surface area contributed by atoms with E-state index in [-0.39, 0.29) is 11.2 Å². The van der Waals surface area contributed by atoms with Crippen molar-refractivity contribution in [2.45, 2.75) is 38.9 Å². The fourth-order valence-electron chi connectivity index (χ4n) is 4.52. The first-order valence-corrected chi connectivity index (χ1v) is 10.1. The Morgan fingerprint density at radius 1 is 0.759 bits per heavy atom. The first kappa shape index (κ1) is 18.4. The van der Waals surface area contributed by atoms with Crippen LogP contribution in [-0.2, 0) is 9.31 Å². The molecular weight excluding hydrogens is 355 g/mol. The molecule has 0 saturated carbocycles. The second kappa shape index (κ2) is 5.95. The lowest BCUT2D eigenvalue weighted by molar-refractivity contribution is 0.00578. The summed E-state index contributed by atoms with van der Waals surface area (Å²) in [6.07, 6.45) is 1.91. The van der Waals surface area contributed by atoms with Crippen LogP contribution in [0.3, 0.4) is 0 Å². The average Bonchev–Trinajstić information content (AvgIpc) is 2.91. The van der Waals surface area contributed by atoms with Crippen molar-refractivity contribution in [3.8, 4) is 0 Å². The van der Waals surface area contributed by atoms with Crippen molar-refractivity contribution < 1.29 is 9.31 Å². The molecule has 144 valence electrons. The zero-order chi connectivity index (χ0) is 20.6. The minimum Gasteiger partial charge on any atom is -0.399 e. The van der Waals surface area contributed by atoms with Crippen molar-refractivity contribution in [2.75, 3.05) is 0 Å². The van der Waals surface area contributed by atoms with Crippen molar-refractivity contribution in [3.63, 3.8) is 0 Å². The van der Waals surface area contributed by atoms with E-state index in [9.17, 15) is 0 Å². The summed E-state index contributed by atoms with van der Waals surface area (Å²) in [6.45, 7) is 16.8. The van der Waals surface area contributed by atoms with Gasteiger partial charge in [-0.3, -0.25) is 0 Å². The maximum absolute atomic E-state index is 6.36. The Morgan fingerprint density at radius 3 is 2.03 bits per heavy atom. The van der Waals surface area contributed by atoms with Gasteiger partial charge in [-0.2, -0.15) is 0 Å². The molecule has 0 spiro atoms. The Kier molecular flexibility index (Phi) is 3.78. The van der Waals surface area contributed by atoms with Gasteiger partial charge >= 0.3 is 7.12 Å². The zero-order valence-electron chi connectivity index (χ0n) is 17.5. The van der Waals surface area contributed by atoms with E-state index in [2.05, 4.69) is 89.4 Å². The van der Waals surface area contributed by atoms with Crippen LogP contribution >= 0.6 is 0 Å². The van der Waals surface area contributed by atoms with Crippen LogP contribution < -0.4 is 10.7 Å². The van der Waals surface area contributed by atoms with Crippen molar-refractivity contribution in [2.24, 2.45) is 0 Å². The fraction of sp³-hybridized carbons (Fsp3) is 0.231. The summed E-state index contributed by atoms with van der Waals surface area (Å²) in [7, 11) is -0.390. The number of rotatable bonds is 2. The first-order chi connectivity index (χ1) is 13.7. The highest BCUT2D eigenvalue weighted by atomic mass is 16.7. The molecule has 0 atom stereocenters. The van der Waals surface area contributed by atoms with E-state index in [4.69, 9.17) is 9.31 Å². The van der Waals surface area contributed by atoms with Crippen molar-refractivity contribution in [1.29, 1.82) is 0 Å². The van der Waals surface area contributed by atoms with Crippen LogP contribution in [0.25, 0.3) is 45.0 Å². The smallest absolute Gasteiger partial charge is 0.399 e. The van der Waals surface area contributed by atoms with Gasteiger partial charge in [0, 0.05) is 0 Å². The molecule has 2 nitrogen and oxygen atoms in total. The van der Waals surface area contributed by atoms with E-state index in [0.717, 1.165) is 27.0 Å². The highest BCUT2D eigenvalue weighted by molar-refractivity contribution is 6.65. The molecule has 1 fully saturated rings. The van der Waals surface area contributed by atoms with Crippen LogP contribution in [0.1, 0.15) is 33.3 Å². The third-order valence-electron chi connectivity index (χ3n) is 6.82. The predicted octanol–water partition coefficient (Wildman–Crippen LogP) is 5.22. The Hall–Kier alpha value is -2.62. The lowest BCUT2D eigenvalue weighted by Gasteiger charge is -2.32. The molecule has 4 aromatic rings. The molecule has 0 radical (unpaired) electrons. The van der Waals surface area contributed by atoms with Crippen LogP contribution in [0.2, 0.25) is 0 Å². The van der Waals surface area contributed by atoms with Gasteiger partial charge in [0.15, 0.2) is 0 Å². The lowest BCUT2D eigenvalue weighted by atomic mass is 9.74. The summed E-state index contributed by atoms with van der Waals surface area (Å²) in [6, 6.07) is 17.1. The average molecular weight is 380 g/mol. The molecule has 0 aromatic heterocycles. The van der Waals surface area contributed by atoms with Crippen LogP contribution in [-0.4, -0.2) is 18.3 Å². The van der Waals surface area contributed by atoms with E-state index >= 15 is 0 Å². The highest BCUT2D eigenvalue weighted by Crippen LogP contribution is 2.38. The normalized spacial score (nSPS) is 18.1. The molecule has 0 N–H and O–H groups in total. The first-order valence-electron chi connectivity index (χ1n) is 10.1. The molecule has 0 unspecified atom stereocenters. The Balaban J connectivity index is 1.87. The Morgan fingerprint density at radius 2 is 1.34 bits per heavy atom. The molecule has 4 aromatic carbocycles. The minimum atomic E-state index is -0.390. The minimum absolute atomic E-state index is 0.369. The zero-order valence-corrected chi connectivity index (χ0v) is 17.5. The third kappa shape index (κ3) is 2.44. The van der Waals surface area contributed by atoms with Gasteiger partial charge in [0.1, 0.15) is 0 Å². The quantitative estimate of drug-likeness (QED) is 0.270. The molecule has 1 saturated heterocycles. The molecule has 5 rings (SSSR count). The molecule has 1 aliphatic heterocycles. The predicted molar refractivity (Wildman–Crippen MR) is 126 cm³/mol. The fourth-order valence-corrected chi connectivity index (χ4v) is 4.52. The van der Waals surface area contributed by atoms with Gasteiger partial charge in [0.2, 0.25) is 0 Å². The van der Waals surface area contributed by atoms with E-state index in [1.807, 2.05) is 6.08 Å². The molecule has 1 aliphatic rings. The molecule has 29 heavy (non-hydrogen) atoms. The SMILES string of the molecule is C=Cc1cccc2c1c(=C)c1cccc3c(B4OC(C)(C)C(C)(C)O4)ccc2c31. The standard InChI is InChI=1S/C26H25BO2/c1-7-17-10-8-12-19-20-14-15-22(27-28-25(3,4)26(5,6)29-27)21-13-9-11-18(24(20)21)16(2)23(17)19/h7-15H,1-2H2,3-6H3. The van der Waals surface area contributed by atoms with Gasteiger partial charge in [0.05, 0.1) is 11.2 Å². The maximum Gasteiger partial charge on any atom is 0.495 e. The van der Waals surface area contributed by atoms with Gasteiger partial charge < -0.3 is 9.31 Å². The van der Waals surface area contributed by atoms with Crippen LogP contribution in [0.15, 0.2) is 55.1 Å². The van der Waals surface area contributed by atoms with Crippen LogP contribution in [0.4, 0.5) is 0 Å².